The molecule has 26 heteroatoms. The summed E-state index contributed by atoms with van der Waals surface area (Å²) in [6.07, 6.45) is 3.45. The second-order valence-corrected chi connectivity index (χ2v) is 13.2. The standard InChI is InChI=1S/C21H38N2O10.C9H15NO3.C5H11O5.C2H5O.2C2H4.8CH4.3Na.H2O/c24-18(13-28-9-7-22-5-1-3-20(22)26)14-30-11-12-31-17-33-32-16-19(25)15-29-10-8-23-6-2-4-21(23)27;11-9-2-1-3-10(9)4-5-12-6-8-7-13-8;6-1-2-8-3-4-9-5-10-7;1-2-3;2*1-2;;;;;;;;;;;;/h18-19,24-25H,1-17H2;8H,1-7H2;7H,1-5H2;2H2,1H3;2*1-2H2;8*1H4;;;;1H2/q;;2*-1;;;;;;;;;;;3*+1;/p-2. The molecule has 4 aliphatic rings. The topological polar surface area (TPSA) is 305 Å². The van der Waals surface area contributed by atoms with Crippen LogP contribution < -0.4 is 104 Å². The van der Waals surface area contributed by atoms with Crippen LogP contribution in [0.25, 0.3) is 0 Å². The molecule has 3 amide bonds. The molecule has 4 aliphatic heterocycles. The van der Waals surface area contributed by atoms with E-state index < -0.39 is 12.2 Å². The quantitative estimate of drug-likeness (QED) is 0.0120. The number of hydrogen-bond donors (Lipinski definition) is 2. The number of rotatable bonds is 32. The molecule has 0 bridgehead atoms. The summed E-state index contributed by atoms with van der Waals surface area (Å²) in [5, 5.41) is 47.5. The van der Waals surface area contributed by atoms with Crippen LogP contribution in [0, 0.1) is 0 Å². The molecule has 4 saturated heterocycles. The molecule has 0 spiro atoms. The van der Waals surface area contributed by atoms with E-state index in [1.165, 1.54) is 0 Å². The average molecular weight is 1130 g/mol. The number of likely N-dealkylation sites (tertiary alicyclic amines) is 3. The van der Waals surface area contributed by atoms with Gasteiger partial charge in [0.1, 0.15) is 31.7 Å². The van der Waals surface area contributed by atoms with E-state index in [-0.39, 0.29) is 251 Å². The van der Waals surface area contributed by atoms with Gasteiger partial charge in [-0.25, -0.2) is 9.78 Å². The van der Waals surface area contributed by atoms with Crippen molar-refractivity contribution in [1.82, 2.24) is 14.7 Å². The Bertz CT molecular complexity index is 1020. The van der Waals surface area contributed by atoms with Gasteiger partial charge in [0.25, 0.3) is 0 Å². The van der Waals surface area contributed by atoms with E-state index >= 15 is 0 Å². The van der Waals surface area contributed by atoms with E-state index in [9.17, 15) is 35.0 Å². The molecular weight excluding hydrogens is 1020 g/mol. The van der Waals surface area contributed by atoms with Crippen molar-refractivity contribution in [3.05, 3.63) is 26.3 Å². The fourth-order valence-electron chi connectivity index (χ4n) is 5.22. The van der Waals surface area contributed by atoms with Crippen LogP contribution in [-0.4, -0.2) is 225 Å². The summed E-state index contributed by atoms with van der Waals surface area (Å²) in [5.41, 5.74) is 0. The first kappa shape index (κ1) is 111. The van der Waals surface area contributed by atoms with Gasteiger partial charge in [-0.1, -0.05) is 66.3 Å². The van der Waals surface area contributed by atoms with Gasteiger partial charge in [-0.3, -0.25) is 14.4 Å². The zero-order valence-electron chi connectivity index (χ0n) is 40.9. The molecule has 444 valence electrons. The molecule has 3 atom stereocenters. The van der Waals surface area contributed by atoms with Crippen LogP contribution in [0.2, 0.25) is 0 Å². The van der Waals surface area contributed by atoms with E-state index in [0.29, 0.717) is 71.5 Å². The molecule has 0 radical (unpaired) electrons. The van der Waals surface area contributed by atoms with Gasteiger partial charge >= 0.3 is 88.7 Å². The smallest absolute Gasteiger partial charge is 0.870 e. The Morgan fingerprint density at radius 3 is 1.23 bits per heavy atom. The monoisotopic (exact) mass is 1130 g/mol. The van der Waals surface area contributed by atoms with Gasteiger partial charge in [-0.15, -0.1) is 39.5 Å². The van der Waals surface area contributed by atoms with E-state index in [0.717, 1.165) is 52.0 Å². The van der Waals surface area contributed by atoms with Crippen LogP contribution in [0.5, 0.6) is 0 Å². The Morgan fingerprint density at radius 1 is 0.547 bits per heavy atom. The van der Waals surface area contributed by atoms with Crippen LogP contribution in [0.3, 0.4) is 0 Å². The Balaban J connectivity index is -0.0000000625. The Labute approximate surface area is 522 Å². The fourth-order valence-corrected chi connectivity index (χ4v) is 5.22. The number of epoxide rings is 1. The minimum Gasteiger partial charge on any atom is -0.870 e. The minimum atomic E-state index is -0.845. The zero-order valence-corrected chi connectivity index (χ0v) is 46.9. The maximum Gasteiger partial charge on any atom is 1.00 e. The van der Waals surface area contributed by atoms with E-state index in [1.54, 1.807) is 16.7 Å². The van der Waals surface area contributed by atoms with Gasteiger partial charge in [0, 0.05) is 65.1 Å². The van der Waals surface area contributed by atoms with Crippen molar-refractivity contribution in [3.63, 3.8) is 0 Å². The molecule has 3 unspecified atom stereocenters. The first-order valence-electron chi connectivity index (χ1n) is 21.3. The molecule has 4 fully saturated rings. The van der Waals surface area contributed by atoms with Gasteiger partial charge in [0.2, 0.25) is 17.7 Å². The number of nitrogens with zero attached hydrogens (tertiary/aromatic N) is 3. The van der Waals surface area contributed by atoms with Crippen molar-refractivity contribution in [2.24, 2.45) is 0 Å². The molecule has 0 saturated carbocycles. The molecule has 4 heterocycles. The molecule has 0 aromatic heterocycles. The predicted molar refractivity (Wildman–Crippen MR) is 277 cm³/mol. The number of ether oxygens (including phenoxy) is 8. The molecule has 0 aromatic rings. The summed E-state index contributed by atoms with van der Waals surface area (Å²) in [7, 11) is 0. The zero-order chi connectivity index (χ0) is 47.2. The van der Waals surface area contributed by atoms with Gasteiger partial charge in [0.15, 0.2) is 6.79 Å². The molecular formula is C49H109N3Na3O20-. The van der Waals surface area contributed by atoms with E-state index in [1.807, 2.05) is 4.90 Å². The Morgan fingerprint density at radius 2 is 0.880 bits per heavy atom. The number of aliphatic hydroxyl groups is 2. The number of carbonyl (C=O) groups excluding carboxylic acids is 3. The van der Waals surface area contributed by atoms with Crippen molar-refractivity contribution in [2.75, 3.05) is 159 Å². The third-order valence-corrected chi connectivity index (χ3v) is 8.25. The molecule has 23 nitrogen and oxygen atoms in total. The van der Waals surface area contributed by atoms with Crippen LogP contribution in [0.4, 0.5) is 0 Å². The molecule has 4 rings (SSSR count). The molecule has 3 N–H and O–H groups in total. The first-order chi connectivity index (χ1) is 30.7. The molecule has 0 aromatic carbocycles. The van der Waals surface area contributed by atoms with Gasteiger partial charge in [-0.05, 0) is 19.3 Å². The third kappa shape index (κ3) is 72.2. The predicted octanol–water partition coefficient (Wildman–Crippen LogP) is -6.53. The van der Waals surface area contributed by atoms with Crippen LogP contribution >= 0.6 is 0 Å². The summed E-state index contributed by atoms with van der Waals surface area (Å²) in [5.74, 6) is 0.575. The summed E-state index contributed by atoms with van der Waals surface area (Å²) in [6.45, 7) is 21.7. The largest absolute Gasteiger partial charge is 1.00 e. The van der Waals surface area contributed by atoms with Gasteiger partial charge in [-0.2, -0.15) is 0 Å². The summed E-state index contributed by atoms with van der Waals surface area (Å²) < 4.78 is 40.8. The molecule has 0 aliphatic carbocycles. The summed E-state index contributed by atoms with van der Waals surface area (Å²) >= 11 is 0. The first-order valence-corrected chi connectivity index (χ1v) is 21.3. The number of amides is 3. The van der Waals surface area contributed by atoms with Crippen molar-refractivity contribution < 1.29 is 187 Å². The van der Waals surface area contributed by atoms with Gasteiger partial charge < -0.3 is 88.6 Å². The van der Waals surface area contributed by atoms with Crippen molar-refractivity contribution in [3.8, 4) is 0 Å². The summed E-state index contributed by atoms with van der Waals surface area (Å²) in [6, 6.07) is 0. The maximum absolute atomic E-state index is 11.5. The average Bonchev–Trinajstić information content (AvgIpc) is 3.66. The summed E-state index contributed by atoms with van der Waals surface area (Å²) in [4.78, 5) is 52.5. The van der Waals surface area contributed by atoms with Crippen LogP contribution in [-0.2, 0) is 66.9 Å². The van der Waals surface area contributed by atoms with Gasteiger partial charge in [0.05, 0.1) is 79.3 Å². The number of hydrogen-bond acceptors (Lipinski definition) is 20. The second kappa shape index (κ2) is 85.5. The van der Waals surface area contributed by atoms with E-state index in [2.05, 4.69) is 35.9 Å². The Kier molecular flexibility index (Phi) is 126. The van der Waals surface area contributed by atoms with Crippen LogP contribution in [0.1, 0.15) is 105 Å². The number of carbonyl (C=O) groups is 3. The van der Waals surface area contributed by atoms with Crippen molar-refractivity contribution in [2.45, 2.75) is 123 Å². The Hall–Kier alpha value is 0.210. The van der Waals surface area contributed by atoms with E-state index in [4.69, 9.17) is 48.0 Å². The van der Waals surface area contributed by atoms with Crippen LogP contribution in [0.15, 0.2) is 26.3 Å². The fraction of sp³-hybridized carbons (Fsp3) is 0.857. The normalized spacial score (nSPS) is 14.5. The third-order valence-electron chi connectivity index (χ3n) is 8.25. The minimum absolute atomic E-state index is 0. The molecule has 75 heavy (non-hydrogen) atoms. The van der Waals surface area contributed by atoms with Crippen molar-refractivity contribution >= 4 is 17.7 Å². The maximum atomic E-state index is 11.5. The van der Waals surface area contributed by atoms with Crippen molar-refractivity contribution in [1.29, 1.82) is 0 Å². The number of aliphatic hydroxyl groups excluding tert-OH is 2. The SMILES string of the molecule is C.C.C.C.C.C.C.C.C=C.C=C.CC[O-].O=C1CCCN1CCOCC(O)COCCOCOOCC(O)COCCN1CCCC1=O.O=C1CCCN1CCOCC1CO1.[Na+].[Na+].[Na+].[O-]CCOCCOCO[O-].[OH-]. The second-order valence-electron chi connectivity index (χ2n) is 13.2.